The van der Waals surface area contributed by atoms with Crippen LogP contribution < -0.4 is 0 Å². The lowest BCUT2D eigenvalue weighted by Gasteiger charge is -2.16. The molecule has 1 nitrogen and oxygen atoms in total. The maximum absolute atomic E-state index is 4.84. The van der Waals surface area contributed by atoms with E-state index in [0.29, 0.717) is 0 Å². The van der Waals surface area contributed by atoms with Gasteiger partial charge in [0.15, 0.2) is 0 Å². The van der Waals surface area contributed by atoms with Crippen molar-refractivity contribution in [2.45, 2.75) is 45.4 Å². The first kappa shape index (κ1) is 10.8. The van der Waals surface area contributed by atoms with E-state index in [1.807, 2.05) is 0 Å². The summed E-state index contributed by atoms with van der Waals surface area (Å²) in [5.41, 5.74) is 4.08. The van der Waals surface area contributed by atoms with Gasteiger partial charge in [-0.2, -0.15) is 0 Å². The zero-order valence-corrected chi connectivity index (χ0v) is 10.5. The summed E-state index contributed by atoms with van der Waals surface area (Å²) in [6.07, 6.45) is 7.75. The van der Waals surface area contributed by atoms with Crippen LogP contribution in [-0.4, -0.2) is 4.98 Å². The molecule has 0 bridgehead atoms. The van der Waals surface area contributed by atoms with Crippen LogP contribution in [0, 0.1) is 6.92 Å². The van der Waals surface area contributed by atoms with E-state index in [2.05, 4.69) is 31.2 Å². The number of hydrogen-bond donors (Lipinski definition) is 0. The van der Waals surface area contributed by atoms with Crippen molar-refractivity contribution in [3.63, 3.8) is 0 Å². The largest absolute Gasteiger partial charge is 0.257 e. The number of aromatic nitrogens is 1. The van der Waals surface area contributed by atoms with E-state index in [0.717, 1.165) is 0 Å². The molecule has 0 atom stereocenters. The molecule has 17 heavy (non-hydrogen) atoms. The molecule has 0 unspecified atom stereocenters. The molecule has 0 fully saturated rings. The number of rotatable bonds is 0. The van der Waals surface area contributed by atoms with Gasteiger partial charge in [-0.3, -0.25) is 4.98 Å². The van der Waals surface area contributed by atoms with Crippen molar-refractivity contribution in [2.75, 3.05) is 0 Å². The standard InChI is InChI=1S/C16H19N/c1-12-13-8-6-7-9-14(13)15-10-4-2-3-5-11-16(15)17-12/h6-9H,2-5,10-11H2,1H3. The maximum Gasteiger partial charge on any atom is 0.0454 e. The van der Waals surface area contributed by atoms with Crippen LogP contribution in [0.3, 0.4) is 0 Å². The third kappa shape index (κ3) is 1.95. The normalized spacial score (nSPS) is 16.3. The van der Waals surface area contributed by atoms with Gasteiger partial charge in [-0.15, -0.1) is 0 Å². The number of nitrogens with zero attached hydrogens (tertiary/aromatic N) is 1. The number of pyridine rings is 1. The Hall–Kier alpha value is -1.37. The van der Waals surface area contributed by atoms with Crippen molar-refractivity contribution in [1.29, 1.82) is 0 Å². The van der Waals surface area contributed by atoms with Gasteiger partial charge in [-0.05, 0) is 43.6 Å². The predicted octanol–water partition coefficient (Wildman–Crippen LogP) is 4.20. The lowest BCUT2D eigenvalue weighted by Crippen LogP contribution is -2.05. The summed E-state index contributed by atoms with van der Waals surface area (Å²) in [4.78, 5) is 4.84. The zero-order chi connectivity index (χ0) is 11.7. The van der Waals surface area contributed by atoms with E-state index in [1.54, 1.807) is 0 Å². The first-order chi connectivity index (χ1) is 8.36. The van der Waals surface area contributed by atoms with Crippen molar-refractivity contribution in [2.24, 2.45) is 0 Å². The fourth-order valence-electron chi connectivity index (χ4n) is 2.98. The molecule has 1 aromatic heterocycles. The third-order valence-electron chi connectivity index (χ3n) is 3.88. The Labute approximate surface area is 103 Å². The summed E-state index contributed by atoms with van der Waals surface area (Å²) in [5.74, 6) is 0. The Morgan fingerprint density at radius 2 is 1.59 bits per heavy atom. The van der Waals surface area contributed by atoms with Crippen LogP contribution in [0.2, 0.25) is 0 Å². The minimum absolute atomic E-state index is 1.17. The fraction of sp³-hybridized carbons (Fsp3) is 0.438. The van der Waals surface area contributed by atoms with Gasteiger partial charge in [0.25, 0.3) is 0 Å². The van der Waals surface area contributed by atoms with Crippen LogP contribution in [0.25, 0.3) is 10.8 Å². The average Bonchev–Trinajstić information content (AvgIpc) is 2.32. The molecule has 0 aliphatic heterocycles. The third-order valence-corrected chi connectivity index (χ3v) is 3.88. The van der Waals surface area contributed by atoms with Crippen LogP contribution in [0.4, 0.5) is 0 Å². The molecule has 3 rings (SSSR count). The number of hydrogen-bond acceptors (Lipinski definition) is 1. The van der Waals surface area contributed by atoms with Gasteiger partial charge in [-0.25, -0.2) is 0 Å². The fourth-order valence-corrected chi connectivity index (χ4v) is 2.98. The van der Waals surface area contributed by atoms with Crippen LogP contribution in [-0.2, 0) is 12.8 Å². The summed E-state index contributed by atoms with van der Waals surface area (Å²) >= 11 is 0. The Morgan fingerprint density at radius 3 is 2.41 bits per heavy atom. The first-order valence-corrected chi connectivity index (χ1v) is 6.73. The first-order valence-electron chi connectivity index (χ1n) is 6.73. The zero-order valence-electron chi connectivity index (χ0n) is 10.5. The molecule has 1 aliphatic carbocycles. The molecule has 1 aromatic carbocycles. The maximum atomic E-state index is 4.84. The predicted molar refractivity (Wildman–Crippen MR) is 72.4 cm³/mol. The summed E-state index contributed by atoms with van der Waals surface area (Å²) < 4.78 is 0. The number of aryl methyl sites for hydroxylation is 3. The minimum Gasteiger partial charge on any atom is -0.257 e. The highest BCUT2D eigenvalue weighted by atomic mass is 14.7. The molecule has 2 aromatic rings. The van der Waals surface area contributed by atoms with Crippen LogP contribution >= 0.6 is 0 Å². The van der Waals surface area contributed by atoms with Crippen molar-refractivity contribution in [1.82, 2.24) is 4.98 Å². The van der Waals surface area contributed by atoms with E-state index in [4.69, 9.17) is 4.98 Å². The summed E-state index contributed by atoms with van der Waals surface area (Å²) in [5, 5.41) is 2.78. The molecule has 88 valence electrons. The van der Waals surface area contributed by atoms with Crippen molar-refractivity contribution in [3.05, 3.63) is 41.2 Å². The van der Waals surface area contributed by atoms with Gasteiger partial charge >= 0.3 is 0 Å². The van der Waals surface area contributed by atoms with Crippen molar-refractivity contribution >= 4 is 10.8 Å². The van der Waals surface area contributed by atoms with Crippen LogP contribution in [0.5, 0.6) is 0 Å². The van der Waals surface area contributed by atoms with Gasteiger partial charge in [0.2, 0.25) is 0 Å². The molecule has 0 amide bonds. The molecule has 0 saturated heterocycles. The highest BCUT2D eigenvalue weighted by Gasteiger charge is 2.13. The molecule has 0 spiro atoms. The van der Waals surface area contributed by atoms with E-state index >= 15 is 0 Å². The highest BCUT2D eigenvalue weighted by molar-refractivity contribution is 5.88. The van der Waals surface area contributed by atoms with Gasteiger partial charge in [0.1, 0.15) is 0 Å². The second-order valence-corrected chi connectivity index (χ2v) is 5.08. The number of fused-ring (bicyclic) bond motifs is 3. The van der Waals surface area contributed by atoms with E-state index in [9.17, 15) is 0 Å². The van der Waals surface area contributed by atoms with Crippen LogP contribution in [0.1, 0.15) is 42.6 Å². The van der Waals surface area contributed by atoms with E-state index < -0.39 is 0 Å². The second kappa shape index (κ2) is 4.48. The second-order valence-electron chi connectivity index (χ2n) is 5.08. The average molecular weight is 225 g/mol. The molecular weight excluding hydrogens is 206 g/mol. The lowest BCUT2D eigenvalue weighted by atomic mass is 9.92. The monoisotopic (exact) mass is 225 g/mol. The minimum atomic E-state index is 1.17. The van der Waals surface area contributed by atoms with Gasteiger partial charge in [0.05, 0.1) is 0 Å². The molecule has 0 saturated carbocycles. The quantitative estimate of drug-likeness (QED) is 0.654. The molecular formula is C16H19N. The summed E-state index contributed by atoms with van der Waals surface area (Å²) in [6, 6.07) is 8.74. The Kier molecular flexibility index (Phi) is 2.84. The lowest BCUT2D eigenvalue weighted by molar-refractivity contribution is 0.610. The SMILES string of the molecule is Cc1nc2c(c3ccccc13)CCCCCC2. The van der Waals surface area contributed by atoms with Crippen molar-refractivity contribution < 1.29 is 0 Å². The smallest absolute Gasteiger partial charge is 0.0454 e. The van der Waals surface area contributed by atoms with Gasteiger partial charge in [-0.1, -0.05) is 37.1 Å². The highest BCUT2D eigenvalue weighted by Crippen LogP contribution is 2.28. The molecule has 0 N–H and O–H groups in total. The van der Waals surface area contributed by atoms with Crippen LogP contribution in [0.15, 0.2) is 24.3 Å². The Balaban J connectivity index is 2.24. The van der Waals surface area contributed by atoms with Crippen molar-refractivity contribution in [3.8, 4) is 0 Å². The van der Waals surface area contributed by atoms with Gasteiger partial charge < -0.3 is 0 Å². The van der Waals surface area contributed by atoms with E-state index in [1.165, 1.54) is 66.2 Å². The molecule has 1 heteroatoms. The Morgan fingerprint density at radius 1 is 0.882 bits per heavy atom. The van der Waals surface area contributed by atoms with E-state index in [-0.39, 0.29) is 0 Å². The Bertz CT molecular complexity index is 542. The molecule has 1 aliphatic rings. The summed E-state index contributed by atoms with van der Waals surface area (Å²) in [7, 11) is 0. The molecule has 0 radical (unpaired) electrons. The van der Waals surface area contributed by atoms with Gasteiger partial charge in [0, 0.05) is 16.8 Å². The number of benzene rings is 1. The summed E-state index contributed by atoms with van der Waals surface area (Å²) in [6.45, 7) is 2.14. The molecule has 1 heterocycles. The topological polar surface area (TPSA) is 12.9 Å².